The Labute approximate surface area is 608 Å². The summed E-state index contributed by atoms with van der Waals surface area (Å²) < 4.78 is 41.4. The number of pyridine rings is 2. The Morgan fingerprint density at radius 3 is 1.16 bits per heavy atom. The maximum Gasteiger partial charge on any atom is 0.252 e. The van der Waals surface area contributed by atoms with E-state index in [-0.39, 0.29) is 58.0 Å². The zero-order chi connectivity index (χ0) is 73.3. The number of fused-ring (bicyclic) bond motifs is 9. The molecule has 0 amide bonds. The molecule has 0 N–H and O–H groups in total. The molecule has 5 nitrogen and oxygen atoms in total. The van der Waals surface area contributed by atoms with Crippen LogP contribution in [0.5, 0.6) is 0 Å². The second-order valence-electron chi connectivity index (χ2n) is 32.8. The number of nitrogens with zero attached hydrogens (tertiary/aromatic N) is 5. The standard InChI is InChI=1S/C96H86BN5/c1-92(2,3)69-40-45-84-72(54-69)71-34-24-25-35-83(71)100(84)70-55-87-89-88(56-70)102(91-75(63-30-20-14-21-31-63)59-99-60-76(91)64-32-22-15-23-33-64)86-53-68(66-37-42-78-80(51-66)96(10,11)49-47-94(78,6)7)39-44-82(86)97(89)81-43-38-67(65-36-41-77-79(50-65)95(8,9)48-46-93(77,4)5)52-85(81)101(87)90-73(61-26-16-12-17-27-61)57-98-58-74(90)62-28-18-13-19-29-62/h12-45,50-60H,46-49H2,1-11H3/i24D,25D,34D,35D. The first kappa shape index (κ1) is 58.9. The summed E-state index contributed by atoms with van der Waals surface area (Å²) in [5.74, 6) is 0. The molecule has 3 aromatic heterocycles. The summed E-state index contributed by atoms with van der Waals surface area (Å²) in [5, 5.41) is 1.23. The number of rotatable bonds is 9. The summed E-state index contributed by atoms with van der Waals surface area (Å²) >= 11 is 0. The van der Waals surface area contributed by atoms with Gasteiger partial charge in [-0.15, -0.1) is 0 Å². The number of aromatic nitrogens is 3. The lowest BCUT2D eigenvalue weighted by Crippen LogP contribution is -2.61. The molecule has 18 rings (SSSR count). The Balaban J connectivity index is 1.04. The predicted molar refractivity (Wildman–Crippen MR) is 432 cm³/mol. The van der Waals surface area contributed by atoms with Crippen molar-refractivity contribution in [1.82, 2.24) is 14.5 Å². The van der Waals surface area contributed by atoms with Gasteiger partial charge in [-0.2, -0.15) is 0 Å². The van der Waals surface area contributed by atoms with Crippen molar-refractivity contribution in [1.29, 1.82) is 0 Å². The summed E-state index contributed by atoms with van der Waals surface area (Å²) in [6, 6.07) is 82.2. The average molecular weight is 1320 g/mol. The van der Waals surface area contributed by atoms with Crippen molar-refractivity contribution in [2.24, 2.45) is 0 Å². The van der Waals surface area contributed by atoms with E-state index in [0.717, 1.165) is 165 Å². The fourth-order valence-electron chi connectivity index (χ4n) is 17.6. The van der Waals surface area contributed by atoms with Gasteiger partial charge in [0.15, 0.2) is 0 Å². The maximum atomic E-state index is 10.3. The summed E-state index contributed by atoms with van der Waals surface area (Å²) in [5.41, 5.74) is 29.6. The third-order valence-corrected chi connectivity index (χ3v) is 23.6. The van der Waals surface area contributed by atoms with Gasteiger partial charge in [-0.1, -0.05) is 282 Å². The van der Waals surface area contributed by atoms with Crippen molar-refractivity contribution in [3.63, 3.8) is 0 Å². The Hall–Kier alpha value is -10.8. The SMILES string of the molecule is [2H]c1c([2H])c([2H])c2c(c1[2H])c1cc(C(C)(C)C)ccc1n2-c1cc2c3c(c1)N(c1c(-c4ccccc4)cncc1-c1ccccc1)c1cc(-c4ccc5c(c4)C(C)(C)CCC5(C)C)ccc1B3c1ccc(-c3ccc4c(c3)C(C)(C)CCC4(C)C)cc1N2c1c(-c2ccccc2)cncc1-c1ccccc1. The smallest absolute Gasteiger partial charge is 0.252 e. The van der Waals surface area contributed by atoms with E-state index in [1.807, 2.05) is 24.8 Å². The van der Waals surface area contributed by atoms with E-state index < -0.39 is 0 Å². The lowest BCUT2D eigenvalue weighted by molar-refractivity contribution is 0.332. The minimum atomic E-state index is -0.375. The fourth-order valence-corrected chi connectivity index (χ4v) is 17.6. The van der Waals surface area contributed by atoms with Crippen LogP contribution in [0.2, 0.25) is 0 Å². The molecule has 5 heterocycles. The van der Waals surface area contributed by atoms with Gasteiger partial charge in [-0.25, -0.2) is 0 Å². The van der Waals surface area contributed by atoms with E-state index in [1.165, 1.54) is 22.3 Å². The van der Waals surface area contributed by atoms with Crippen LogP contribution in [0.25, 0.3) is 94.3 Å². The summed E-state index contributed by atoms with van der Waals surface area (Å²) in [4.78, 5) is 15.5. The third kappa shape index (κ3) is 10.2. The molecule has 0 bridgehead atoms. The monoisotopic (exact) mass is 1320 g/mol. The zero-order valence-electron chi connectivity index (χ0n) is 64.3. The van der Waals surface area contributed by atoms with Crippen LogP contribution in [0.3, 0.4) is 0 Å². The lowest BCUT2D eigenvalue weighted by atomic mass is 9.33. The Bertz CT molecular complexity index is 5550. The second kappa shape index (κ2) is 23.4. The van der Waals surface area contributed by atoms with Gasteiger partial charge >= 0.3 is 0 Å². The molecule has 0 fully saturated rings. The van der Waals surface area contributed by atoms with Gasteiger partial charge in [0.05, 0.1) is 33.6 Å². The van der Waals surface area contributed by atoms with Gasteiger partial charge in [0.25, 0.3) is 6.71 Å². The van der Waals surface area contributed by atoms with Gasteiger partial charge < -0.3 is 14.4 Å². The maximum absolute atomic E-state index is 10.3. The van der Waals surface area contributed by atoms with Crippen molar-refractivity contribution in [2.45, 2.75) is 129 Å². The Morgan fingerprint density at radius 2 is 0.745 bits per heavy atom. The predicted octanol–water partition coefficient (Wildman–Crippen LogP) is 23.7. The van der Waals surface area contributed by atoms with E-state index in [0.29, 0.717) is 10.9 Å². The molecule has 498 valence electrons. The summed E-state index contributed by atoms with van der Waals surface area (Å²) in [6.07, 6.45) is 12.6. The first-order chi connectivity index (χ1) is 50.9. The first-order valence-electron chi connectivity index (χ1n) is 38.5. The highest BCUT2D eigenvalue weighted by molar-refractivity contribution is 7.00. The number of anilines is 6. The number of benzene rings is 11. The molecule has 102 heavy (non-hydrogen) atoms. The van der Waals surface area contributed by atoms with Gasteiger partial charge in [0.1, 0.15) is 0 Å². The van der Waals surface area contributed by atoms with E-state index in [4.69, 9.17) is 9.97 Å². The van der Waals surface area contributed by atoms with Crippen molar-refractivity contribution >= 4 is 79.0 Å². The van der Waals surface area contributed by atoms with Gasteiger partial charge in [-0.05, 0) is 184 Å². The van der Waals surface area contributed by atoms with Gasteiger partial charge in [-0.3, -0.25) is 9.97 Å². The van der Waals surface area contributed by atoms with E-state index in [1.54, 1.807) is 0 Å². The largest absolute Gasteiger partial charge is 0.310 e. The van der Waals surface area contributed by atoms with Crippen LogP contribution in [0.1, 0.15) is 135 Å². The molecule has 0 radical (unpaired) electrons. The van der Waals surface area contributed by atoms with Crippen LogP contribution in [0, 0.1) is 0 Å². The van der Waals surface area contributed by atoms with Crippen LogP contribution in [0.4, 0.5) is 34.1 Å². The van der Waals surface area contributed by atoms with E-state index in [2.05, 4.69) is 315 Å². The highest BCUT2D eigenvalue weighted by Crippen LogP contribution is 2.56. The Morgan fingerprint density at radius 1 is 0.363 bits per heavy atom. The second-order valence-corrected chi connectivity index (χ2v) is 32.8. The highest BCUT2D eigenvalue weighted by atomic mass is 15.2. The minimum Gasteiger partial charge on any atom is -0.310 e. The molecule has 11 aromatic carbocycles. The minimum absolute atomic E-state index is 0.0215. The van der Waals surface area contributed by atoms with Crippen molar-refractivity contribution in [2.75, 3.05) is 9.80 Å². The third-order valence-electron chi connectivity index (χ3n) is 23.6. The van der Waals surface area contributed by atoms with Crippen molar-refractivity contribution in [3.05, 3.63) is 301 Å². The van der Waals surface area contributed by atoms with Gasteiger partial charge in [0, 0.05) is 80.6 Å². The van der Waals surface area contributed by atoms with Crippen LogP contribution in [-0.2, 0) is 27.1 Å². The lowest BCUT2D eigenvalue weighted by Gasteiger charge is -2.46. The molecular weight excluding hydrogens is 1230 g/mol. The molecule has 0 saturated carbocycles. The van der Waals surface area contributed by atoms with Crippen LogP contribution >= 0.6 is 0 Å². The number of hydrogen-bond donors (Lipinski definition) is 0. The molecule has 14 aromatic rings. The molecule has 0 atom stereocenters. The quantitative estimate of drug-likeness (QED) is 0.135. The van der Waals surface area contributed by atoms with Crippen LogP contribution in [0.15, 0.2) is 273 Å². The Kier molecular flexibility index (Phi) is 13.5. The molecule has 2 aliphatic carbocycles. The average Bonchev–Trinajstić information content (AvgIpc) is 0.880. The molecule has 4 aliphatic rings. The van der Waals surface area contributed by atoms with Crippen LogP contribution < -0.4 is 26.2 Å². The number of para-hydroxylation sites is 1. The van der Waals surface area contributed by atoms with Gasteiger partial charge in [0.2, 0.25) is 0 Å². The molecule has 0 spiro atoms. The van der Waals surface area contributed by atoms with Crippen LogP contribution in [-0.4, -0.2) is 21.2 Å². The fraction of sp³-hybridized carbons (Fsp3) is 0.208. The number of hydrogen-bond acceptors (Lipinski definition) is 4. The molecule has 2 aliphatic heterocycles. The molecular formula is C96H86BN5. The topological polar surface area (TPSA) is 37.2 Å². The molecule has 6 heteroatoms. The summed E-state index contributed by atoms with van der Waals surface area (Å²) in [7, 11) is 0. The molecule has 0 saturated heterocycles. The summed E-state index contributed by atoms with van der Waals surface area (Å²) in [6.45, 7) is 25.5. The van der Waals surface area contributed by atoms with E-state index in [9.17, 15) is 5.48 Å². The zero-order valence-corrected chi connectivity index (χ0v) is 60.3. The van der Waals surface area contributed by atoms with Crippen molar-refractivity contribution < 1.29 is 5.48 Å². The molecule has 0 unspecified atom stereocenters. The first-order valence-corrected chi connectivity index (χ1v) is 36.5. The van der Waals surface area contributed by atoms with E-state index >= 15 is 0 Å². The normalized spacial score (nSPS) is 16.4. The highest BCUT2D eigenvalue weighted by Gasteiger charge is 2.47. The van der Waals surface area contributed by atoms with Crippen molar-refractivity contribution in [3.8, 4) is 72.4 Å².